The molecule has 2 rings (SSSR count). The van der Waals surface area contributed by atoms with Gasteiger partial charge in [-0.25, -0.2) is 0 Å². The fourth-order valence-electron chi connectivity index (χ4n) is 5.39. The molecule has 0 N–H and O–H groups in total. The lowest BCUT2D eigenvalue weighted by Crippen LogP contribution is -2.30. The lowest BCUT2D eigenvalue weighted by Gasteiger charge is -2.37. The predicted molar refractivity (Wildman–Crippen MR) is 110 cm³/mol. The summed E-state index contributed by atoms with van der Waals surface area (Å²) in [5.74, 6) is 3.10. The zero-order valence-electron chi connectivity index (χ0n) is 17.8. The van der Waals surface area contributed by atoms with E-state index in [9.17, 15) is 4.79 Å². The van der Waals surface area contributed by atoms with E-state index < -0.39 is 0 Å². The highest BCUT2D eigenvalue weighted by molar-refractivity contribution is 5.72. The number of rotatable bonds is 10. The van der Waals surface area contributed by atoms with E-state index in [4.69, 9.17) is 4.74 Å². The fourth-order valence-corrected chi connectivity index (χ4v) is 5.39. The summed E-state index contributed by atoms with van der Waals surface area (Å²) in [6, 6.07) is 0. The number of carbonyl (C=O) groups excluding carboxylic acids is 1. The largest absolute Gasteiger partial charge is 0.462 e. The molecule has 0 aromatic rings. The molecule has 2 saturated carbocycles. The molecule has 1 unspecified atom stereocenters. The van der Waals surface area contributed by atoms with Gasteiger partial charge in [-0.1, -0.05) is 58.8 Å². The minimum atomic E-state index is 0.0955. The molecule has 2 heteroatoms. The third-order valence-electron chi connectivity index (χ3n) is 7.14. The van der Waals surface area contributed by atoms with Crippen LogP contribution in [0.25, 0.3) is 0 Å². The number of ether oxygens (including phenoxy) is 1. The summed E-state index contributed by atoms with van der Waals surface area (Å²) in [7, 11) is 0. The topological polar surface area (TPSA) is 26.3 Å². The van der Waals surface area contributed by atoms with Crippen LogP contribution in [0.15, 0.2) is 0 Å². The number of carbonyl (C=O) groups is 1. The van der Waals surface area contributed by atoms with E-state index in [-0.39, 0.29) is 18.0 Å². The summed E-state index contributed by atoms with van der Waals surface area (Å²) in [6.07, 6.45) is 19.4. The third-order valence-corrected chi connectivity index (χ3v) is 7.14. The SMILES string of the molecule is CCCCCCC(C)OC(=O)C1CCC(C2CCC(CCC)CC2)CC1. The minimum absolute atomic E-state index is 0.0955. The van der Waals surface area contributed by atoms with Gasteiger partial charge in [-0.3, -0.25) is 4.79 Å². The van der Waals surface area contributed by atoms with Gasteiger partial charge >= 0.3 is 5.97 Å². The van der Waals surface area contributed by atoms with E-state index in [0.717, 1.165) is 37.0 Å². The number of hydrogen-bond donors (Lipinski definition) is 0. The van der Waals surface area contributed by atoms with Crippen LogP contribution in [0, 0.1) is 23.7 Å². The molecule has 0 aromatic heterocycles. The van der Waals surface area contributed by atoms with Crippen molar-refractivity contribution >= 4 is 5.97 Å². The van der Waals surface area contributed by atoms with Crippen molar-refractivity contribution in [1.29, 1.82) is 0 Å². The van der Waals surface area contributed by atoms with Gasteiger partial charge in [0.15, 0.2) is 0 Å². The molecular weight excluding hydrogens is 320 g/mol. The molecule has 26 heavy (non-hydrogen) atoms. The summed E-state index contributed by atoms with van der Waals surface area (Å²) >= 11 is 0. The zero-order chi connectivity index (χ0) is 18.8. The molecule has 2 fully saturated rings. The molecule has 0 spiro atoms. The van der Waals surface area contributed by atoms with Crippen LogP contribution in [0.2, 0.25) is 0 Å². The molecule has 2 aliphatic carbocycles. The molecule has 0 radical (unpaired) electrons. The van der Waals surface area contributed by atoms with E-state index in [0.29, 0.717) is 0 Å². The number of esters is 1. The summed E-state index contributed by atoms with van der Waals surface area (Å²) in [4.78, 5) is 12.5. The van der Waals surface area contributed by atoms with E-state index in [1.54, 1.807) is 0 Å². The van der Waals surface area contributed by atoms with Crippen molar-refractivity contribution in [2.75, 3.05) is 0 Å². The molecule has 2 aliphatic rings. The van der Waals surface area contributed by atoms with E-state index in [2.05, 4.69) is 20.8 Å². The molecule has 152 valence electrons. The highest BCUT2D eigenvalue weighted by Gasteiger charge is 2.33. The van der Waals surface area contributed by atoms with Crippen LogP contribution in [0.1, 0.15) is 117 Å². The van der Waals surface area contributed by atoms with Crippen molar-refractivity contribution in [2.45, 2.75) is 123 Å². The molecule has 0 bridgehead atoms. The highest BCUT2D eigenvalue weighted by atomic mass is 16.5. The molecular formula is C24H44O2. The van der Waals surface area contributed by atoms with Gasteiger partial charge in [0, 0.05) is 0 Å². The van der Waals surface area contributed by atoms with Crippen molar-refractivity contribution < 1.29 is 9.53 Å². The molecule has 0 heterocycles. The quantitative estimate of drug-likeness (QED) is 0.300. The highest BCUT2D eigenvalue weighted by Crippen LogP contribution is 2.42. The van der Waals surface area contributed by atoms with Gasteiger partial charge in [-0.05, 0) is 76.0 Å². The Bertz CT molecular complexity index is 376. The van der Waals surface area contributed by atoms with Gasteiger partial charge < -0.3 is 4.74 Å². The smallest absolute Gasteiger partial charge is 0.309 e. The van der Waals surface area contributed by atoms with Crippen molar-refractivity contribution in [3.05, 3.63) is 0 Å². The Hall–Kier alpha value is -0.530. The van der Waals surface area contributed by atoms with E-state index in [1.165, 1.54) is 77.0 Å². The van der Waals surface area contributed by atoms with Crippen molar-refractivity contribution in [2.24, 2.45) is 23.7 Å². The second kappa shape index (κ2) is 12.0. The number of unbranched alkanes of at least 4 members (excludes halogenated alkanes) is 3. The van der Waals surface area contributed by atoms with Gasteiger partial charge in [0.2, 0.25) is 0 Å². The van der Waals surface area contributed by atoms with Gasteiger partial charge in [0.05, 0.1) is 12.0 Å². The summed E-state index contributed by atoms with van der Waals surface area (Å²) in [6.45, 7) is 6.62. The fraction of sp³-hybridized carbons (Fsp3) is 0.958. The average molecular weight is 365 g/mol. The maximum atomic E-state index is 12.5. The van der Waals surface area contributed by atoms with Crippen molar-refractivity contribution in [1.82, 2.24) is 0 Å². The Morgan fingerprint density at radius 2 is 1.46 bits per heavy atom. The zero-order valence-corrected chi connectivity index (χ0v) is 17.8. The summed E-state index contributed by atoms with van der Waals surface area (Å²) in [5.41, 5.74) is 0. The molecule has 0 saturated heterocycles. The first kappa shape index (κ1) is 21.8. The van der Waals surface area contributed by atoms with Gasteiger partial charge in [-0.15, -0.1) is 0 Å². The Morgan fingerprint density at radius 1 is 0.846 bits per heavy atom. The first-order chi connectivity index (χ1) is 12.6. The average Bonchev–Trinajstić information content (AvgIpc) is 2.66. The maximum absolute atomic E-state index is 12.5. The van der Waals surface area contributed by atoms with Crippen LogP contribution < -0.4 is 0 Å². The van der Waals surface area contributed by atoms with Crippen LogP contribution in [-0.2, 0) is 9.53 Å². The molecule has 0 aliphatic heterocycles. The van der Waals surface area contributed by atoms with E-state index in [1.807, 2.05) is 0 Å². The molecule has 0 aromatic carbocycles. The maximum Gasteiger partial charge on any atom is 0.309 e. The standard InChI is InChI=1S/C24H44O2/c1-4-6-7-8-10-19(3)26-24(25)23-17-15-22(16-18-23)21-13-11-20(9-5-2)12-14-21/h19-23H,4-18H2,1-3H3. The summed E-state index contributed by atoms with van der Waals surface area (Å²) in [5, 5.41) is 0. The van der Waals surface area contributed by atoms with Crippen molar-refractivity contribution in [3.63, 3.8) is 0 Å². The van der Waals surface area contributed by atoms with Crippen molar-refractivity contribution in [3.8, 4) is 0 Å². The second-order valence-electron chi connectivity index (χ2n) is 9.28. The van der Waals surface area contributed by atoms with Gasteiger partial charge in [0.1, 0.15) is 0 Å². The van der Waals surface area contributed by atoms with E-state index >= 15 is 0 Å². The Kier molecular flexibility index (Phi) is 10.1. The molecule has 1 atom stereocenters. The lowest BCUT2D eigenvalue weighted by molar-refractivity contribution is -0.155. The Balaban J connectivity index is 1.62. The predicted octanol–water partition coefficient (Wildman–Crippen LogP) is 7.30. The normalized spacial score (nSPS) is 30.7. The monoisotopic (exact) mass is 364 g/mol. The van der Waals surface area contributed by atoms with Crippen LogP contribution in [0.5, 0.6) is 0 Å². The first-order valence-electron chi connectivity index (χ1n) is 11.8. The van der Waals surface area contributed by atoms with Crippen LogP contribution >= 0.6 is 0 Å². The van der Waals surface area contributed by atoms with Crippen LogP contribution in [-0.4, -0.2) is 12.1 Å². The first-order valence-corrected chi connectivity index (χ1v) is 11.8. The van der Waals surface area contributed by atoms with Gasteiger partial charge in [0.25, 0.3) is 0 Å². The van der Waals surface area contributed by atoms with Crippen LogP contribution in [0.4, 0.5) is 0 Å². The molecule has 0 amide bonds. The molecule has 2 nitrogen and oxygen atoms in total. The second-order valence-corrected chi connectivity index (χ2v) is 9.28. The Morgan fingerprint density at radius 3 is 2.04 bits per heavy atom. The van der Waals surface area contributed by atoms with Gasteiger partial charge in [-0.2, -0.15) is 0 Å². The minimum Gasteiger partial charge on any atom is -0.462 e. The Labute approximate surface area is 162 Å². The third kappa shape index (κ3) is 7.24. The number of hydrogen-bond acceptors (Lipinski definition) is 2. The van der Waals surface area contributed by atoms with Crippen LogP contribution in [0.3, 0.4) is 0 Å². The lowest BCUT2D eigenvalue weighted by atomic mass is 9.69. The summed E-state index contributed by atoms with van der Waals surface area (Å²) < 4.78 is 5.75.